The molecule has 0 fully saturated rings. The van der Waals surface area contributed by atoms with Gasteiger partial charge in [0, 0.05) is 23.4 Å². The Hall–Kier alpha value is -3.12. The van der Waals surface area contributed by atoms with Gasteiger partial charge in [-0.2, -0.15) is 0 Å². The van der Waals surface area contributed by atoms with Crippen LogP contribution in [0.15, 0.2) is 82.9 Å². The zero-order valence-corrected chi connectivity index (χ0v) is 16.4. The lowest BCUT2D eigenvalue weighted by atomic mass is 10.2. The topological polar surface area (TPSA) is 56.7 Å². The fraction of sp³-hybridized carbons (Fsp3) is 0.136. The van der Waals surface area contributed by atoms with Gasteiger partial charge in [-0.05, 0) is 19.1 Å². The highest BCUT2D eigenvalue weighted by Crippen LogP contribution is 2.29. The van der Waals surface area contributed by atoms with Gasteiger partial charge in [-0.25, -0.2) is 4.98 Å². The molecule has 2 aromatic heterocycles. The summed E-state index contributed by atoms with van der Waals surface area (Å²) in [6, 6.07) is 20.0. The maximum absolute atomic E-state index is 5.86. The third-order valence-corrected chi connectivity index (χ3v) is 5.29. The highest BCUT2D eigenvalue weighted by molar-refractivity contribution is 7.98. The summed E-state index contributed by atoms with van der Waals surface area (Å²) < 4.78 is 7.93. The van der Waals surface area contributed by atoms with Crippen molar-refractivity contribution in [1.29, 1.82) is 0 Å². The number of hydrogen-bond donors (Lipinski definition) is 0. The number of thioether (sulfide) groups is 1. The highest BCUT2D eigenvalue weighted by atomic mass is 32.2. The van der Waals surface area contributed by atoms with E-state index in [1.165, 1.54) is 0 Å². The van der Waals surface area contributed by atoms with E-state index >= 15 is 0 Å². The summed E-state index contributed by atoms with van der Waals surface area (Å²) in [5, 5.41) is 9.62. The molecule has 0 unspecified atom stereocenters. The summed E-state index contributed by atoms with van der Waals surface area (Å²) in [5.41, 5.74) is 2.92. The van der Waals surface area contributed by atoms with Crippen molar-refractivity contribution in [2.75, 3.05) is 0 Å². The Balaban J connectivity index is 1.56. The number of benzene rings is 2. The van der Waals surface area contributed by atoms with Crippen LogP contribution in [0.1, 0.15) is 11.5 Å². The van der Waals surface area contributed by atoms with Gasteiger partial charge in [-0.1, -0.05) is 66.4 Å². The lowest BCUT2D eigenvalue weighted by molar-refractivity contribution is 0.540. The van der Waals surface area contributed by atoms with E-state index in [1.54, 1.807) is 11.8 Å². The molecule has 4 rings (SSSR count). The maximum atomic E-state index is 5.86. The summed E-state index contributed by atoms with van der Waals surface area (Å²) in [7, 11) is 0. The molecule has 0 saturated carbocycles. The average molecular weight is 388 g/mol. The average Bonchev–Trinajstić information content (AvgIpc) is 3.31. The van der Waals surface area contributed by atoms with Crippen molar-refractivity contribution in [3.63, 3.8) is 0 Å². The minimum Gasteiger partial charge on any atom is -0.441 e. The lowest BCUT2D eigenvalue weighted by Crippen LogP contribution is -2.00. The van der Waals surface area contributed by atoms with Crippen LogP contribution in [-0.2, 0) is 12.3 Å². The predicted molar refractivity (Wildman–Crippen MR) is 112 cm³/mol. The zero-order valence-electron chi connectivity index (χ0n) is 15.6. The van der Waals surface area contributed by atoms with E-state index in [2.05, 4.69) is 26.3 Å². The minimum absolute atomic E-state index is 0.645. The van der Waals surface area contributed by atoms with E-state index in [1.807, 2.05) is 73.7 Å². The quantitative estimate of drug-likeness (QED) is 0.314. The molecule has 140 valence electrons. The number of hydrogen-bond acceptors (Lipinski definition) is 5. The first-order valence-electron chi connectivity index (χ1n) is 9.00. The fourth-order valence-electron chi connectivity index (χ4n) is 2.89. The van der Waals surface area contributed by atoms with Crippen molar-refractivity contribution in [3.8, 4) is 22.8 Å². The van der Waals surface area contributed by atoms with Crippen LogP contribution in [0.2, 0.25) is 0 Å². The van der Waals surface area contributed by atoms with Crippen LogP contribution >= 0.6 is 11.8 Å². The number of oxazole rings is 1. The molecule has 0 spiro atoms. The van der Waals surface area contributed by atoms with E-state index in [0.29, 0.717) is 18.2 Å². The third-order valence-electron chi connectivity index (χ3n) is 4.31. The first-order chi connectivity index (χ1) is 13.8. The van der Waals surface area contributed by atoms with Crippen molar-refractivity contribution in [1.82, 2.24) is 19.7 Å². The van der Waals surface area contributed by atoms with Crippen LogP contribution in [0.4, 0.5) is 0 Å². The fourth-order valence-corrected chi connectivity index (χ4v) is 3.84. The molecule has 4 aromatic rings. The Morgan fingerprint density at radius 2 is 1.68 bits per heavy atom. The minimum atomic E-state index is 0.645. The van der Waals surface area contributed by atoms with Crippen molar-refractivity contribution < 1.29 is 4.42 Å². The van der Waals surface area contributed by atoms with Crippen LogP contribution in [0.3, 0.4) is 0 Å². The molecule has 5 nitrogen and oxygen atoms in total. The molecule has 0 bridgehead atoms. The number of aryl methyl sites for hydroxylation is 1. The molecule has 0 N–H and O–H groups in total. The van der Waals surface area contributed by atoms with Gasteiger partial charge in [0.2, 0.25) is 5.89 Å². The first kappa shape index (κ1) is 18.3. The zero-order chi connectivity index (χ0) is 19.3. The Kier molecular flexibility index (Phi) is 5.39. The summed E-state index contributed by atoms with van der Waals surface area (Å²) >= 11 is 1.60. The van der Waals surface area contributed by atoms with E-state index in [0.717, 1.165) is 33.6 Å². The molecule has 0 radical (unpaired) electrons. The van der Waals surface area contributed by atoms with Crippen LogP contribution < -0.4 is 0 Å². The van der Waals surface area contributed by atoms with E-state index in [-0.39, 0.29) is 0 Å². The molecule has 0 aliphatic heterocycles. The second-order valence-corrected chi connectivity index (χ2v) is 7.19. The lowest BCUT2D eigenvalue weighted by Gasteiger charge is -2.07. The van der Waals surface area contributed by atoms with Gasteiger partial charge in [0.1, 0.15) is 5.76 Å². The predicted octanol–water partition coefficient (Wildman–Crippen LogP) is 5.39. The highest BCUT2D eigenvalue weighted by Gasteiger charge is 2.16. The molecule has 2 aromatic carbocycles. The van der Waals surface area contributed by atoms with E-state index in [4.69, 9.17) is 4.42 Å². The summed E-state index contributed by atoms with van der Waals surface area (Å²) in [6.45, 7) is 6.46. The number of rotatable bonds is 7. The summed E-state index contributed by atoms with van der Waals surface area (Å²) in [6.07, 6.45) is 1.86. The van der Waals surface area contributed by atoms with Crippen molar-refractivity contribution in [3.05, 3.63) is 84.8 Å². The second-order valence-electron chi connectivity index (χ2n) is 6.25. The third kappa shape index (κ3) is 3.77. The maximum Gasteiger partial charge on any atom is 0.226 e. The largest absolute Gasteiger partial charge is 0.441 e. The van der Waals surface area contributed by atoms with E-state index in [9.17, 15) is 0 Å². The van der Waals surface area contributed by atoms with Crippen molar-refractivity contribution in [2.24, 2.45) is 0 Å². The summed E-state index contributed by atoms with van der Waals surface area (Å²) in [4.78, 5) is 4.67. The molecule has 6 heteroatoms. The van der Waals surface area contributed by atoms with Gasteiger partial charge in [0.15, 0.2) is 11.0 Å². The molecular weight excluding hydrogens is 368 g/mol. The van der Waals surface area contributed by atoms with Crippen LogP contribution in [0.5, 0.6) is 0 Å². The summed E-state index contributed by atoms with van der Waals surface area (Å²) in [5.74, 6) is 2.96. The van der Waals surface area contributed by atoms with Crippen LogP contribution in [0, 0.1) is 6.92 Å². The normalized spacial score (nSPS) is 10.9. The molecule has 2 heterocycles. The van der Waals surface area contributed by atoms with Gasteiger partial charge in [-0.3, -0.25) is 4.57 Å². The molecule has 0 amide bonds. The number of nitrogens with zero attached hydrogens (tertiary/aromatic N) is 4. The molecule has 0 atom stereocenters. The standard InChI is InChI=1S/C22H20N4OS/c1-3-14-26-20(17-10-6-4-7-11-17)24-25-22(26)28-15-19-16(2)27-21(23-19)18-12-8-5-9-13-18/h3-13H,1,14-15H2,2H3. The Labute approximate surface area is 168 Å². The van der Waals surface area contributed by atoms with Crippen LogP contribution in [0.25, 0.3) is 22.8 Å². The van der Waals surface area contributed by atoms with Gasteiger partial charge >= 0.3 is 0 Å². The van der Waals surface area contributed by atoms with Crippen molar-refractivity contribution in [2.45, 2.75) is 24.4 Å². The van der Waals surface area contributed by atoms with Crippen molar-refractivity contribution >= 4 is 11.8 Å². The Morgan fingerprint density at radius 3 is 2.36 bits per heavy atom. The molecule has 0 aliphatic rings. The molecular formula is C22H20N4OS. The van der Waals surface area contributed by atoms with Gasteiger partial charge < -0.3 is 4.42 Å². The number of allylic oxidation sites excluding steroid dienone is 1. The molecule has 28 heavy (non-hydrogen) atoms. The van der Waals surface area contributed by atoms with Gasteiger partial charge in [0.25, 0.3) is 0 Å². The first-order valence-corrected chi connectivity index (χ1v) is 9.99. The monoisotopic (exact) mass is 388 g/mol. The smallest absolute Gasteiger partial charge is 0.226 e. The molecule has 0 aliphatic carbocycles. The Morgan fingerprint density at radius 1 is 1.00 bits per heavy atom. The van der Waals surface area contributed by atoms with E-state index < -0.39 is 0 Å². The van der Waals surface area contributed by atoms with Crippen LogP contribution in [-0.4, -0.2) is 19.7 Å². The SMILES string of the molecule is C=CCn1c(SCc2nc(-c3ccccc3)oc2C)nnc1-c1ccccc1. The second kappa shape index (κ2) is 8.27. The molecule has 0 saturated heterocycles. The Bertz CT molecular complexity index is 1070. The number of aromatic nitrogens is 4. The van der Waals surface area contributed by atoms with Gasteiger partial charge in [0.05, 0.1) is 5.69 Å². The van der Waals surface area contributed by atoms with Gasteiger partial charge in [-0.15, -0.1) is 16.8 Å².